The normalized spacial score (nSPS) is 94.7. The molecule has 0 bridgehead atoms. The summed E-state index contributed by atoms with van der Waals surface area (Å²) in [6.07, 6.45) is 2.24. The van der Waals surface area contributed by atoms with Gasteiger partial charge in [-0.1, -0.05) is 0 Å². The Balaban J connectivity index is 1.36. The van der Waals surface area contributed by atoms with Crippen LogP contribution in [0, 0.1) is 129 Å². The maximum Gasteiger partial charge on any atom is 0.0621 e. The first-order valence-corrected chi connectivity index (χ1v) is 11.3. The number of nitrogens with zero attached hydrogens (tertiary/aromatic N) is 1. The average Bonchev–Trinajstić information content (AvgIpc) is 3.22. The van der Waals surface area contributed by atoms with E-state index >= 15 is 0 Å². The summed E-state index contributed by atoms with van der Waals surface area (Å²) in [4.78, 5) is 0. The van der Waals surface area contributed by atoms with Gasteiger partial charge >= 0.3 is 0 Å². The highest BCUT2D eigenvalue weighted by Gasteiger charge is 3.01. The summed E-state index contributed by atoms with van der Waals surface area (Å²) in [6.45, 7) is 0. The number of rotatable bonds is 2. The van der Waals surface area contributed by atoms with Crippen molar-refractivity contribution in [2.75, 3.05) is 0 Å². The van der Waals surface area contributed by atoms with Crippen molar-refractivity contribution in [3.05, 3.63) is 0 Å². The molecule has 0 aromatic heterocycles. The Morgan fingerprint density at radius 3 is 1.08 bits per heavy atom. The number of hydrogen-bond donors (Lipinski definition) is 0. The van der Waals surface area contributed by atoms with E-state index in [1.54, 1.807) is 0 Å². The second-order valence-corrected chi connectivity index (χ2v) is 12.6. The highest BCUT2D eigenvalue weighted by atomic mass is 15.1. The lowest BCUT2D eigenvalue weighted by molar-refractivity contribution is 0.0743. The van der Waals surface area contributed by atoms with Crippen molar-refractivity contribution >= 4 is 0 Å². The van der Waals surface area contributed by atoms with Gasteiger partial charge in [0.15, 0.2) is 0 Å². The molecule has 1 heteroatoms. The molecule has 120 valence electrons. The van der Waals surface area contributed by atoms with Crippen LogP contribution < -0.4 is 0 Å². The lowest BCUT2D eigenvalue weighted by Crippen LogP contribution is -2.35. The van der Waals surface area contributed by atoms with E-state index < -0.39 is 0 Å². The Morgan fingerprint density at radius 1 is 0.500 bits per heavy atom. The predicted molar refractivity (Wildman–Crippen MR) is 83.6 cm³/mol. The topological polar surface area (TPSA) is 23.8 Å². The van der Waals surface area contributed by atoms with Gasteiger partial charge in [0.25, 0.3) is 0 Å². The average molecular weight is 313 g/mol. The Kier molecular flexibility index (Phi) is 1.07. The molecule has 0 aromatic carbocycles. The zero-order valence-corrected chi connectivity index (χ0v) is 13.8. The van der Waals surface area contributed by atoms with Gasteiger partial charge in [-0.2, -0.15) is 5.26 Å². The Bertz CT molecular complexity index is 722. The lowest BCUT2D eigenvalue weighted by atomic mass is 9.64. The third-order valence-corrected chi connectivity index (χ3v) is 14.4. The first kappa shape index (κ1) is 10.6. The van der Waals surface area contributed by atoms with Crippen molar-refractivity contribution in [2.45, 2.75) is 12.8 Å². The van der Waals surface area contributed by atoms with Gasteiger partial charge in [-0.05, 0) is 124 Å². The third kappa shape index (κ3) is 0.530. The fourth-order valence-electron chi connectivity index (χ4n) is 16.5. The molecule has 0 spiro atoms. The van der Waals surface area contributed by atoms with Gasteiger partial charge in [-0.3, -0.25) is 0 Å². The zero-order chi connectivity index (χ0) is 14.6. The molecular weight excluding hydrogens is 290 g/mol. The van der Waals surface area contributed by atoms with Crippen molar-refractivity contribution in [2.24, 2.45) is 118 Å². The first-order chi connectivity index (χ1) is 11.9. The van der Waals surface area contributed by atoms with E-state index in [4.69, 9.17) is 0 Å². The summed E-state index contributed by atoms with van der Waals surface area (Å²) in [5.41, 5.74) is 0.730. The molecule has 12 fully saturated rings. The van der Waals surface area contributed by atoms with E-state index in [9.17, 15) is 5.26 Å². The maximum absolute atomic E-state index is 9.46. The van der Waals surface area contributed by atoms with Crippen LogP contribution >= 0.6 is 0 Å². The van der Waals surface area contributed by atoms with Gasteiger partial charge in [0.1, 0.15) is 0 Å². The zero-order valence-electron chi connectivity index (χ0n) is 13.8. The highest BCUT2D eigenvalue weighted by molar-refractivity contribution is 5.47. The predicted octanol–water partition coefficient (Wildman–Crippen LogP) is 3.13. The minimum Gasteiger partial charge on any atom is -0.198 e. The SMILES string of the molecule is N#CCCC12C3[C@@H]4[C@@H]5C6C7C8[C@@H]9[C@@H]6[C@@H]4C1[C@H]9[C@@H]1C2[C@H]2[C@@H](C7[C@@H]5[C@@H]32)[C@H]81. The standard InChI is InChI=1S/C23H23N/c24-3-1-2-23-20-14-8-5-4-6-10(8)16(20)18-12(6)13-7(4)11-9(5)15(14)21(23)17(11)19(13)22(18)23/h4-22H,1-2H2/t4?,5?,6?,7?,8-,9-,10-,11+,12+,13+,14-,15+,16+,17+,18+,19-,20?,21?,22?,23?/m0/s1. The van der Waals surface area contributed by atoms with Crippen molar-refractivity contribution in [3.8, 4) is 6.07 Å². The van der Waals surface area contributed by atoms with Crippen LogP contribution in [-0.4, -0.2) is 0 Å². The quantitative estimate of drug-likeness (QED) is 0.768. The molecule has 24 heavy (non-hydrogen) atoms. The maximum atomic E-state index is 9.46. The molecule has 0 aliphatic heterocycles. The molecule has 1 nitrogen and oxygen atoms in total. The number of nitriles is 1. The minimum atomic E-state index is 0.730. The fraction of sp³-hybridized carbons (Fsp3) is 0.957. The molecule has 0 heterocycles. The van der Waals surface area contributed by atoms with Crippen LogP contribution in [0.4, 0.5) is 0 Å². The molecule has 0 aromatic rings. The van der Waals surface area contributed by atoms with Crippen LogP contribution in [0.15, 0.2) is 0 Å². The summed E-state index contributed by atoms with van der Waals surface area (Å²) in [5, 5.41) is 9.46. The summed E-state index contributed by atoms with van der Waals surface area (Å²) in [5.74, 6) is 23.0. The largest absolute Gasteiger partial charge is 0.198 e. The second-order valence-electron chi connectivity index (χ2n) is 12.6. The van der Waals surface area contributed by atoms with Crippen molar-refractivity contribution in [1.29, 1.82) is 5.26 Å². The van der Waals surface area contributed by atoms with Gasteiger partial charge in [-0.25, -0.2) is 0 Å². The summed E-state index contributed by atoms with van der Waals surface area (Å²) >= 11 is 0. The number of hydrogen-bond acceptors (Lipinski definition) is 1. The van der Waals surface area contributed by atoms with Crippen molar-refractivity contribution in [1.82, 2.24) is 0 Å². The van der Waals surface area contributed by atoms with E-state index in [1.807, 2.05) is 0 Å². The van der Waals surface area contributed by atoms with Gasteiger partial charge in [0, 0.05) is 6.42 Å². The van der Waals surface area contributed by atoms with E-state index in [2.05, 4.69) is 6.07 Å². The van der Waals surface area contributed by atoms with Crippen molar-refractivity contribution in [3.63, 3.8) is 0 Å². The van der Waals surface area contributed by atoms with E-state index in [0.29, 0.717) is 0 Å². The van der Waals surface area contributed by atoms with Gasteiger partial charge in [-0.15, -0.1) is 0 Å². The molecule has 0 amide bonds. The molecule has 12 rings (SSSR count). The van der Waals surface area contributed by atoms with E-state index in [-0.39, 0.29) is 0 Å². The monoisotopic (exact) mass is 313 g/mol. The molecule has 0 radical (unpaired) electrons. The Morgan fingerprint density at radius 2 is 0.792 bits per heavy atom. The van der Waals surface area contributed by atoms with Crippen LogP contribution in [0.25, 0.3) is 0 Å². The molecule has 20 atom stereocenters. The lowest BCUT2D eigenvalue weighted by Gasteiger charge is -2.39. The summed E-state index contributed by atoms with van der Waals surface area (Å²) in [6, 6.07) is 2.61. The van der Waals surface area contributed by atoms with Crippen LogP contribution in [0.5, 0.6) is 0 Å². The summed E-state index contributed by atoms with van der Waals surface area (Å²) < 4.78 is 0. The van der Waals surface area contributed by atoms with Crippen LogP contribution in [0.2, 0.25) is 0 Å². The molecule has 8 unspecified atom stereocenters. The fourth-order valence-corrected chi connectivity index (χ4v) is 16.5. The van der Waals surface area contributed by atoms with Crippen molar-refractivity contribution < 1.29 is 0 Å². The van der Waals surface area contributed by atoms with Crippen LogP contribution in [0.3, 0.4) is 0 Å². The van der Waals surface area contributed by atoms with Gasteiger partial charge < -0.3 is 0 Å². The molecule has 12 saturated carbocycles. The van der Waals surface area contributed by atoms with E-state index in [0.717, 1.165) is 29.6 Å². The Labute approximate surface area is 142 Å². The van der Waals surface area contributed by atoms with Gasteiger partial charge in [0.2, 0.25) is 0 Å². The van der Waals surface area contributed by atoms with Crippen LogP contribution in [-0.2, 0) is 0 Å². The van der Waals surface area contributed by atoms with E-state index in [1.165, 1.54) is 101 Å². The molecule has 0 saturated heterocycles. The summed E-state index contributed by atoms with van der Waals surface area (Å²) in [7, 11) is 0. The first-order valence-electron chi connectivity index (χ1n) is 11.3. The second kappa shape index (κ2) is 2.42. The smallest absolute Gasteiger partial charge is 0.0621 e. The highest BCUT2D eigenvalue weighted by Crippen LogP contribution is 3.04. The Hall–Kier alpha value is -0.510. The molecule has 12 aliphatic carbocycles. The molecule has 12 aliphatic rings. The third-order valence-electron chi connectivity index (χ3n) is 14.4. The van der Waals surface area contributed by atoms with Crippen LogP contribution in [0.1, 0.15) is 12.8 Å². The molecule has 0 N–H and O–H groups in total. The molecular formula is C23H23N. The van der Waals surface area contributed by atoms with Gasteiger partial charge in [0.05, 0.1) is 6.07 Å². The minimum absolute atomic E-state index is 0.730.